The molecule has 0 aliphatic heterocycles. The van der Waals surface area contributed by atoms with Gasteiger partial charge in [-0.05, 0) is 76.0 Å². The number of hydrogen-bond acceptors (Lipinski definition) is 7. The second kappa shape index (κ2) is 13.9. The van der Waals surface area contributed by atoms with E-state index in [1.807, 2.05) is 6.07 Å². The lowest BCUT2D eigenvalue weighted by molar-refractivity contribution is -0.140. The zero-order valence-electron chi connectivity index (χ0n) is 24.9. The third kappa shape index (κ3) is 8.81. The van der Waals surface area contributed by atoms with Crippen LogP contribution in [-0.2, 0) is 21.1 Å². The summed E-state index contributed by atoms with van der Waals surface area (Å²) < 4.78 is 76.8. The summed E-state index contributed by atoms with van der Waals surface area (Å²) >= 11 is 0. The predicted octanol–water partition coefficient (Wildman–Crippen LogP) is 5.38. The highest BCUT2D eigenvalue weighted by atomic mass is 32.2. The number of rotatable bonds is 11. The summed E-state index contributed by atoms with van der Waals surface area (Å²) in [6.07, 6.45) is 0.790. The van der Waals surface area contributed by atoms with E-state index in [0.29, 0.717) is 35.0 Å². The van der Waals surface area contributed by atoms with Crippen molar-refractivity contribution in [1.82, 2.24) is 9.47 Å². The van der Waals surface area contributed by atoms with Crippen LogP contribution in [0.4, 0.5) is 24.5 Å². The van der Waals surface area contributed by atoms with Gasteiger partial charge in [-0.1, -0.05) is 12.0 Å². The van der Waals surface area contributed by atoms with Gasteiger partial charge in [0, 0.05) is 42.6 Å². The van der Waals surface area contributed by atoms with E-state index in [1.165, 1.54) is 23.8 Å². The summed E-state index contributed by atoms with van der Waals surface area (Å²) in [6.45, 7) is -0.558. The fourth-order valence-corrected chi connectivity index (χ4v) is 5.96. The van der Waals surface area contributed by atoms with Gasteiger partial charge in [-0.2, -0.15) is 13.2 Å². The molecule has 0 saturated heterocycles. The molecule has 1 saturated carbocycles. The first-order chi connectivity index (χ1) is 20.4. The maximum absolute atomic E-state index is 13.6. The van der Waals surface area contributed by atoms with Gasteiger partial charge in [0.05, 0.1) is 34.9 Å². The number of benzene rings is 2. The standard InChI is InChI=1S/C31H39F3N4O4S/c1-37(2)23-12-10-22(11-13-23)36-27-8-5-9-29-26(27)19-24(38(29)21-31(32,33)34)7-6-16-35-28-15-14-25(43(4,39)40)20-30(28)42-18-17-41-3/h5,8-9,14-15,19-20,22-23,35-36H,10-13,16-18,21H2,1-4H3. The number of sulfone groups is 1. The van der Waals surface area contributed by atoms with Crippen LogP contribution in [0.25, 0.3) is 10.9 Å². The molecule has 0 spiro atoms. The van der Waals surface area contributed by atoms with E-state index < -0.39 is 22.6 Å². The molecular formula is C31H39F3N4O4S. The lowest BCUT2D eigenvalue weighted by Crippen LogP contribution is -2.36. The molecule has 8 nitrogen and oxygen atoms in total. The minimum atomic E-state index is -4.43. The lowest BCUT2D eigenvalue weighted by Gasteiger charge is -2.33. The minimum Gasteiger partial charge on any atom is -0.489 e. The average Bonchev–Trinajstić information content (AvgIpc) is 3.28. The predicted molar refractivity (Wildman–Crippen MR) is 164 cm³/mol. The zero-order chi connectivity index (χ0) is 31.2. The number of anilines is 2. The molecule has 1 aliphatic rings. The fourth-order valence-electron chi connectivity index (χ4n) is 5.33. The summed E-state index contributed by atoms with van der Waals surface area (Å²) in [6, 6.07) is 12.3. The Bertz CT molecular complexity index is 1570. The van der Waals surface area contributed by atoms with E-state index in [1.54, 1.807) is 24.3 Å². The first-order valence-corrected chi connectivity index (χ1v) is 16.1. The summed E-state index contributed by atoms with van der Waals surface area (Å²) in [5, 5.41) is 7.36. The van der Waals surface area contributed by atoms with Gasteiger partial charge in [0.1, 0.15) is 18.9 Å². The first-order valence-electron chi connectivity index (χ1n) is 14.2. The molecule has 1 aliphatic carbocycles. The van der Waals surface area contributed by atoms with Crippen molar-refractivity contribution < 1.29 is 31.1 Å². The Morgan fingerprint density at radius 2 is 1.79 bits per heavy atom. The van der Waals surface area contributed by atoms with Crippen LogP contribution >= 0.6 is 0 Å². The summed E-state index contributed by atoms with van der Waals surface area (Å²) in [7, 11) is 2.25. The summed E-state index contributed by atoms with van der Waals surface area (Å²) in [5.74, 6) is 6.14. The van der Waals surface area contributed by atoms with Gasteiger partial charge >= 0.3 is 6.18 Å². The monoisotopic (exact) mass is 620 g/mol. The van der Waals surface area contributed by atoms with Crippen LogP contribution in [0.2, 0.25) is 0 Å². The Balaban J connectivity index is 1.57. The van der Waals surface area contributed by atoms with Gasteiger partial charge < -0.3 is 29.6 Å². The Morgan fingerprint density at radius 1 is 1.05 bits per heavy atom. The maximum Gasteiger partial charge on any atom is 0.406 e. The summed E-state index contributed by atoms with van der Waals surface area (Å²) in [5.41, 5.74) is 2.02. The van der Waals surface area contributed by atoms with Crippen molar-refractivity contribution in [1.29, 1.82) is 0 Å². The number of ether oxygens (including phenoxy) is 2. The molecule has 43 heavy (non-hydrogen) atoms. The molecule has 0 atom stereocenters. The molecule has 0 bridgehead atoms. The van der Waals surface area contributed by atoms with Crippen molar-refractivity contribution in [2.24, 2.45) is 0 Å². The highest BCUT2D eigenvalue weighted by Crippen LogP contribution is 2.33. The van der Waals surface area contributed by atoms with Crippen molar-refractivity contribution in [2.75, 3.05) is 57.9 Å². The highest BCUT2D eigenvalue weighted by Gasteiger charge is 2.30. The van der Waals surface area contributed by atoms with Crippen molar-refractivity contribution in [3.8, 4) is 17.6 Å². The highest BCUT2D eigenvalue weighted by molar-refractivity contribution is 7.90. The van der Waals surface area contributed by atoms with Gasteiger partial charge in [-0.3, -0.25) is 0 Å². The number of nitrogens with one attached hydrogen (secondary N) is 2. The van der Waals surface area contributed by atoms with Crippen LogP contribution in [0.1, 0.15) is 31.4 Å². The van der Waals surface area contributed by atoms with Gasteiger partial charge in [0.15, 0.2) is 9.84 Å². The smallest absolute Gasteiger partial charge is 0.406 e. The number of methoxy groups -OCH3 is 1. The number of hydrogen-bond donors (Lipinski definition) is 2. The van der Waals surface area contributed by atoms with Crippen molar-refractivity contribution >= 4 is 32.1 Å². The summed E-state index contributed by atoms with van der Waals surface area (Å²) in [4.78, 5) is 2.34. The second-order valence-corrected chi connectivity index (χ2v) is 13.0. The molecule has 0 radical (unpaired) electrons. The van der Waals surface area contributed by atoms with E-state index in [0.717, 1.165) is 37.6 Å². The zero-order valence-corrected chi connectivity index (χ0v) is 25.7. The first kappa shape index (κ1) is 32.5. The van der Waals surface area contributed by atoms with Crippen molar-refractivity contribution in [2.45, 2.75) is 55.4 Å². The number of alkyl halides is 3. The third-order valence-electron chi connectivity index (χ3n) is 7.58. The quantitative estimate of drug-likeness (QED) is 0.220. The van der Waals surface area contributed by atoms with E-state index in [-0.39, 0.29) is 29.8 Å². The van der Waals surface area contributed by atoms with Crippen molar-refractivity contribution in [3.63, 3.8) is 0 Å². The molecule has 12 heteroatoms. The number of halogens is 3. The topological polar surface area (TPSA) is 84.8 Å². The molecule has 4 rings (SSSR count). The molecule has 0 unspecified atom stereocenters. The normalized spacial score (nSPS) is 17.5. The number of nitrogens with zero attached hydrogens (tertiary/aromatic N) is 2. The van der Waals surface area contributed by atoms with Gasteiger partial charge in [0.2, 0.25) is 0 Å². The molecule has 2 N–H and O–H groups in total. The van der Waals surface area contributed by atoms with Crippen LogP contribution in [0.3, 0.4) is 0 Å². The number of fused-ring (bicyclic) bond motifs is 1. The molecule has 1 fully saturated rings. The lowest BCUT2D eigenvalue weighted by atomic mass is 9.90. The van der Waals surface area contributed by atoms with Crippen molar-refractivity contribution in [3.05, 3.63) is 48.2 Å². The van der Waals surface area contributed by atoms with E-state index in [9.17, 15) is 21.6 Å². The Labute approximate surface area is 251 Å². The molecule has 3 aromatic rings. The molecule has 0 amide bonds. The molecule has 2 aromatic carbocycles. The average molecular weight is 621 g/mol. The van der Waals surface area contributed by atoms with E-state index >= 15 is 0 Å². The van der Waals surface area contributed by atoms with Crippen LogP contribution in [0.15, 0.2) is 47.4 Å². The number of aromatic nitrogens is 1. The molecular weight excluding hydrogens is 581 g/mol. The van der Waals surface area contributed by atoms with E-state index in [4.69, 9.17) is 9.47 Å². The van der Waals surface area contributed by atoms with E-state index in [2.05, 4.69) is 41.5 Å². The fraction of sp³-hybridized carbons (Fsp3) is 0.484. The van der Waals surface area contributed by atoms with Crippen LogP contribution in [0, 0.1) is 11.8 Å². The molecule has 1 aromatic heterocycles. The van der Waals surface area contributed by atoms with Crippen LogP contribution < -0.4 is 15.4 Å². The molecule has 1 heterocycles. The van der Waals surface area contributed by atoms with Gasteiger partial charge in [-0.15, -0.1) is 0 Å². The largest absolute Gasteiger partial charge is 0.489 e. The SMILES string of the molecule is COCCOc1cc(S(C)(=O)=O)ccc1NCC#Cc1cc2c(NC3CCC(N(C)C)CC3)cccc2n1CC(F)(F)F. The Hall–Kier alpha value is -3.40. The molecule has 234 valence electrons. The van der Waals surface area contributed by atoms with Gasteiger partial charge in [-0.25, -0.2) is 8.42 Å². The maximum atomic E-state index is 13.6. The third-order valence-corrected chi connectivity index (χ3v) is 8.69. The Kier molecular flexibility index (Phi) is 10.5. The second-order valence-electron chi connectivity index (χ2n) is 11.0. The Morgan fingerprint density at radius 3 is 2.44 bits per heavy atom. The van der Waals surface area contributed by atoms with Crippen LogP contribution in [0.5, 0.6) is 5.75 Å². The van der Waals surface area contributed by atoms with Crippen LogP contribution in [-0.4, -0.2) is 83.4 Å². The minimum absolute atomic E-state index is 0.0899. The van der Waals surface area contributed by atoms with Gasteiger partial charge in [0.25, 0.3) is 0 Å².